The van der Waals surface area contributed by atoms with Gasteiger partial charge in [-0.05, 0) is 43.5 Å². The van der Waals surface area contributed by atoms with Crippen molar-refractivity contribution in [2.45, 2.75) is 33.6 Å². The highest BCUT2D eigenvalue weighted by molar-refractivity contribution is 5.92. The van der Waals surface area contributed by atoms with Crippen LogP contribution in [0, 0.1) is 6.92 Å². The van der Waals surface area contributed by atoms with Crippen molar-refractivity contribution in [3.05, 3.63) is 47.8 Å². The summed E-state index contributed by atoms with van der Waals surface area (Å²) in [7, 11) is 0. The molecule has 0 fully saturated rings. The lowest BCUT2D eigenvalue weighted by Gasteiger charge is -2.21. The molecule has 0 radical (unpaired) electrons. The molecular formula is C18H24N4O. The number of carbonyl (C=O) groups is 1. The van der Waals surface area contributed by atoms with E-state index in [9.17, 15) is 4.79 Å². The van der Waals surface area contributed by atoms with Gasteiger partial charge in [0, 0.05) is 25.0 Å². The van der Waals surface area contributed by atoms with Crippen LogP contribution < -0.4 is 5.32 Å². The summed E-state index contributed by atoms with van der Waals surface area (Å²) in [5, 5.41) is 3.15. The topological polar surface area (TPSA) is 58.1 Å². The molecule has 0 aliphatic carbocycles. The summed E-state index contributed by atoms with van der Waals surface area (Å²) in [5.74, 6) is 0.401. The predicted octanol–water partition coefficient (Wildman–Crippen LogP) is 3.79. The molecule has 2 aromatic rings. The number of aryl methyl sites for hydroxylation is 1. The summed E-state index contributed by atoms with van der Waals surface area (Å²) in [5.41, 5.74) is 2.49. The zero-order chi connectivity index (χ0) is 16.7. The van der Waals surface area contributed by atoms with Crippen molar-refractivity contribution in [2.75, 3.05) is 18.4 Å². The maximum atomic E-state index is 12.6. The Hall–Kier alpha value is -2.43. The Kier molecular flexibility index (Phi) is 6.09. The van der Waals surface area contributed by atoms with Gasteiger partial charge in [-0.15, -0.1) is 0 Å². The SMILES string of the molecule is CCCN(CCC)C(=O)c1ccnc(Nc2cccc(C)c2)n1. The highest BCUT2D eigenvalue weighted by Gasteiger charge is 2.16. The van der Waals surface area contributed by atoms with Crippen LogP contribution in [0.15, 0.2) is 36.5 Å². The summed E-state index contributed by atoms with van der Waals surface area (Å²) in [6.45, 7) is 7.66. The van der Waals surface area contributed by atoms with E-state index in [1.807, 2.05) is 36.1 Å². The van der Waals surface area contributed by atoms with Crippen molar-refractivity contribution in [2.24, 2.45) is 0 Å². The van der Waals surface area contributed by atoms with E-state index >= 15 is 0 Å². The minimum Gasteiger partial charge on any atom is -0.337 e. The monoisotopic (exact) mass is 312 g/mol. The number of carbonyl (C=O) groups excluding carboxylic acids is 1. The highest BCUT2D eigenvalue weighted by atomic mass is 16.2. The number of nitrogens with one attached hydrogen (secondary N) is 1. The van der Waals surface area contributed by atoms with Gasteiger partial charge in [-0.1, -0.05) is 26.0 Å². The molecule has 1 amide bonds. The van der Waals surface area contributed by atoms with Crippen LogP contribution in [0.2, 0.25) is 0 Å². The summed E-state index contributed by atoms with van der Waals surface area (Å²) in [6, 6.07) is 9.63. The van der Waals surface area contributed by atoms with E-state index < -0.39 is 0 Å². The molecule has 1 heterocycles. The molecule has 0 unspecified atom stereocenters. The number of benzene rings is 1. The highest BCUT2D eigenvalue weighted by Crippen LogP contribution is 2.15. The van der Waals surface area contributed by atoms with E-state index in [4.69, 9.17) is 0 Å². The zero-order valence-electron chi connectivity index (χ0n) is 14.0. The molecule has 1 aromatic heterocycles. The van der Waals surface area contributed by atoms with E-state index in [0.717, 1.165) is 37.2 Å². The van der Waals surface area contributed by atoms with Crippen LogP contribution >= 0.6 is 0 Å². The van der Waals surface area contributed by atoms with Crippen LogP contribution in [0.4, 0.5) is 11.6 Å². The second-order valence-corrected chi connectivity index (χ2v) is 5.55. The Labute approximate surface area is 137 Å². The summed E-state index contributed by atoms with van der Waals surface area (Å²) in [4.78, 5) is 23.0. The fraction of sp³-hybridized carbons (Fsp3) is 0.389. The van der Waals surface area contributed by atoms with Gasteiger partial charge in [0.05, 0.1) is 0 Å². The lowest BCUT2D eigenvalue weighted by molar-refractivity contribution is 0.0749. The number of anilines is 2. The van der Waals surface area contributed by atoms with Gasteiger partial charge in [-0.2, -0.15) is 0 Å². The second kappa shape index (κ2) is 8.27. The molecule has 0 bridgehead atoms. The molecule has 0 aliphatic heterocycles. The molecule has 5 heteroatoms. The standard InChI is InChI=1S/C18H24N4O/c1-4-11-22(12-5-2)17(23)16-9-10-19-18(21-16)20-15-8-6-7-14(3)13-15/h6-10,13H,4-5,11-12H2,1-3H3,(H,19,20,21). The molecule has 5 nitrogen and oxygen atoms in total. The van der Waals surface area contributed by atoms with Crippen LogP contribution in [0.3, 0.4) is 0 Å². The molecule has 1 aromatic carbocycles. The Bertz CT molecular complexity index is 651. The maximum Gasteiger partial charge on any atom is 0.272 e. The number of aromatic nitrogens is 2. The van der Waals surface area contributed by atoms with Crippen LogP contribution in [-0.4, -0.2) is 33.9 Å². The minimum atomic E-state index is -0.0385. The molecule has 1 N–H and O–H groups in total. The lowest BCUT2D eigenvalue weighted by Crippen LogP contribution is -2.33. The Balaban J connectivity index is 2.16. The van der Waals surface area contributed by atoms with Gasteiger partial charge < -0.3 is 10.2 Å². The largest absolute Gasteiger partial charge is 0.337 e. The first-order valence-corrected chi connectivity index (χ1v) is 8.10. The fourth-order valence-electron chi connectivity index (χ4n) is 2.41. The molecule has 0 spiro atoms. The average molecular weight is 312 g/mol. The maximum absolute atomic E-state index is 12.6. The van der Waals surface area contributed by atoms with Crippen LogP contribution in [0.1, 0.15) is 42.7 Å². The summed E-state index contributed by atoms with van der Waals surface area (Å²) in [6.07, 6.45) is 3.49. The Morgan fingerprint density at radius 1 is 1.17 bits per heavy atom. The van der Waals surface area contributed by atoms with Crippen LogP contribution in [0.25, 0.3) is 0 Å². The number of hydrogen-bond donors (Lipinski definition) is 1. The van der Waals surface area contributed by atoms with Gasteiger partial charge in [-0.3, -0.25) is 4.79 Å². The third kappa shape index (κ3) is 4.77. The Morgan fingerprint density at radius 2 is 1.91 bits per heavy atom. The van der Waals surface area contributed by atoms with Gasteiger partial charge in [0.25, 0.3) is 5.91 Å². The van der Waals surface area contributed by atoms with Crippen molar-refractivity contribution in [1.82, 2.24) is 14.9 Å². The lowest BCUT2D eigenvalue weighted by atomic mass is 10.2. The van der Waals surface area contributed by atoms with Crippen LogP contribution in [0.5, 0.6) is 0 Å². The van der Waals surface area contributed by atoms with Gasteiger partial charge in [0.15, 0.2) is 0 Å². The van der Waals surface area contributed by atoms with Gasteiger partial charge in [-0.25, -0.2) is 9.97 Å². The zero-order valence-corrected chi connectivity index (χ0v) is 14.0. The van der Waals surface area contributed by atoms with Crippen LogP contribution in [-0.2, 0) is 0 Å². The third-order valence-electron chi connectivity index (χ3n) is 3.42. The number of hydrogen-bond acceptors (Lipinski definition) is 4. The molecule has 122 valence electrons. The molecule has 0 saturated carbocycles. The van der Waals surface area contributed by atoms with E-state index in [2.05, 4.69) is 29.1 Å². The smallest absolute Gasteiger partial charge is 0.272 e. The predicted molar refractivity (Wildman–Crippen MR) is 93.0 cm³/mol. The first-order valence-electron chi connectivity index (χ1n) is 8.10. The number of nitrogens with zero attached hydrogens (tertiary/aromatic N) is 3. The van der Waals surface area contributed by atoms with Crippen molar-refractivity contribution < 1.29 is 4.79 Å². The van der Waals surface area contributed by atoms with E-state index in [-0.39, 0.29) is 5.91 Å². The average Bonchev–Trinajstić information content (AvgIpc) is 2.54. The molecule has 0 atom stereocenters. The normalized spacial score (nSPS) is 10.4. The van der Waals surface area contributed by atoms with E-state index in [1.54, 1.807) is 12.3 Å². The minimum absolute atomic E-state index is 0.0385. The van der Waals surface area contributed by atoms with Gasteiger partial charge >= 0.3 is 0 Å². The molecule has 23 heavy (non-hydrogen) atoms. The fourth-order valence-corrected chi connectivity index (χ4v) is 2.41. The Morgan fingerprint density at radius 3 is 2.57 bits per heavy atom. The molecular weight excluding hydrogens is 288 g/mol. The summed E-state index contributed by atoms with van der Waals surface area (Å²) >= 11 is 0. The summed E-state index contributed by atoms with van der Waals surface area (Å²) < 4.78 is 0. The molecule has 0 aliphatic rings. The van der Waals surface area contributed by atoms with Crippen molar-refractivity contribution in [3.8, 4) is 0 Å². The first kappa shape index (κ1) is 16.9. The van der Waals surface area contributed by atoms with E-state index in [1.165, 1.54) is 0 Å². The number of rotatable bonds is 7. The van der Waals surface area contributed by atoms with Crippen molar-refractivity contribution in [3.63, 3.8) is 0 Å². The second-order valence-electron chi connectivity index (χ2n) is 5.55. The van der Waals surface area contributed by atoms with Crippen molar-refractivity contribution in [1.29, 1.82) is 0 Å². The third-order valence-corrected chi connectivity index (χ3v) is 3.42. The van der Waals surface area contributed by atoms with Gasteiger partial charge in [0.1, 0.15) is 5.69 Å². The number of amides is 1. The first-order chi connectivity index (χ1) is 11.1. The molecule has 2 rings (SSSR count). The molecule has 0 saturated heterocycles. The quantitative estimate of drug-likeness (QED) is 0.845. The van der Waals surface area contributed by atoms with Crippen molar-refractivity contribution >= 4 is 17.5 Å². The van der Waals surface area contributed by atoms with E-state index in [0.29, 0.717) is 11.6 Å². The van der Waals surface area contributed by atoms with Gasteiger partial charge in [0.2, 0.25) is 5.95 Å².